The van der Waals surface area contributed by atoms with Crippen molar-refractivity contribution in [2.24, 2.45) is 11.8 Å². The molecule has 0 amide bonds. The van der Waals surface area contributed by atoms with Crippen molar-refractivity contribution >= 4 is 5.69 Å². The molecule has 1 aliphatic carbocycles. The Hall–Kier alpha value is -1.13. The van der Waals surface area contributed by atoms with Crippen LogP contribution in [-0.4, -0.2) is 29.4 Å². The molecule has 98 valence electrons. The molecule has 18 heavy (non-hydrogen) atoms. The molecule has 3 unspecified atom stereocenters. The number of anilines is 1. The smallest absolute Gasteiger partial charge is 0.123 e. The lowest BCUT2D eigenvalue weighted by Gasteiger charge is -2.23. The molecule has 0 spiro atoms. The summed E-state index contributed by atoms with van der Waals surface area (Å²) < 4.78 is 13.1. The van der Waals surface area contributed by atoms with Gasteiger partial charge in [-0.3, -0.25) is 0 Å². The standard InChI is InChI=1S/C14H18FNO2/c15-11-2-3-13(10(5-11)8-17)16-6-9-1-4-14(18)12(9)7-16/h2-3,5,9,12,14,17-18H,1,4,6-8H2. The molecule has 0 radical (unpaired) electrons. The number of hydrogen-bond donors (Lipinski definition) is 2. The minimum atomic E-state index is -0.317. The third-order valence-corrected chi connectivity index (χ3v) is 4.37. The van der Waals surface area contributed by atoms with Crippen molar-refractivity contribution in [3.05, 3.63) is 29.6 Å². The zero-order valence-electron chi connectivity index (χ0n) is 10.2. The van der Waals surface area contributed by atoms with Crippen LogP contribution in [0.3, 0.4) is 0 Å². The molecule has 0 aromatic heterocycles. The van der Waals surface area contributed by atoms with Crippen molar-refractivity contribution in [1.82, 2.24) is 0 Å². The Labute approximate surface area is 106 Å². The van der Waals surface area contributed by atoms with Gasteiger partial charge in [0.05, 0.1) is 12.7 Å². The number of rotatable bonds is 2. The van der Waals surface area contributed by atoms with Gasteiger partial charge in [0, 0.05) is 30.3 Å². The molecular weight excluding hydrogens is 233 g/mol. The third kappa shape index (κ3) is 1.89. The molecule has 3 nitrogen and oxygen atoms in total. The second kappa shape index (κ2) is 4.52. The molecule has 1 aliphatic heterocycles. The molecule has 1 aromatic rings. The van der Waals surface area contributed by atoms with E-state index in [1.54, 1.807) is 6.07 Å². The summed E-state index contributed by atoms with van der Waals surface area (Å²) in [5.41, 5.74) is 1.53. The molecule has 2 fully saturated rings. The first-order valence-corrected chi connectivity index (χ1v) is 6.51. The van der Waals surface area contributed by atoms with Crippen LogP contribution >= 0.6 is 0 Å². The maximum absolute atomic E-state index is 13.1. The molecule has 1 aromatic carbocycles. The second-order valence-corrected chi connectivity index (χ2v) is 5.40. The summed E-state index contributed by atoms with van der Waals surface area (Å²) in [5, 5.41) is 19.2. The first-order chi connectivity index (χ1) is 8.69. The van der Waals surface area contributed by atoms with Gasteiger partial charge in [-0.15, -0.1) is 0 Å². The minimum Gasteiger partial charge on any atom is -0.393 e. The number of aliphatic hydroxyl groups is 2. The van der Waals surface area contributed by atoms with E-state index in [1.807, 2.05) is 0 Å². The van der Waals surface area contributed by atoms with Crippen LogP contribution in [0.25, 0.3) is 0 Å². The average molecular weight is 251 g/mol. The van der Waals surface area contributed by atoms with Crippen molar-refractivity contribution in [1.29, 1.82) is 0 Å². The fourth-order valence-electron chi connectivity index (χ4n) is 3.42. The predicted octanol–water partition coefficient (Wildman–Crippen LogP) is 1.53. The second-order valence-electron chi connectivity index (χ2n) is 5.40. The van der Waals surface area contributed by atoms with Crippen LogP contribution in [0.4, 0.5) is 10.1 Å². The van der Waals surface area contributed by atoms with E-state index in [4.69, 9.17) is 0 Å². The van der Waals surface area contributed by atoms with E-state index < -0.39 is 0 Å². The fraction of sp³-hybridized carbons (Fsp3) is 0.571. The van der Waals surface area contributed by atoms with Gasteiger partial charge in [-0.25, -0.2) is 4.39 Å². The molecule has 2 N–H and O–H groups in total. The van der Waals surface area contributed by atoms with Gasteiger partial charge in [0.2, 0.25) is 0 Å². The zero-order valence-corrected chi connectivity index (χ0v) is 10.2. The van der Waals surface area contributed by atoms with Crippen molar-refractivity contribution in [2.75, 3.05) is 18.0 Å². The Kier molecular flexibility index (Phi) is 2.99. The van der Waals surface area contributed by atoms with Crippen molar-refractivity contribution < 1.29 is 14.6 Å². The Morgan fingerprint density at radius 2 is 2.11 bits per heavy atom. The lowest BCUT2D eigenvalue weighted by molar-refractivity contribution is 0.133. The number of hydrogen-bond acceptors (Lipinski definition) is 3. The minimum absolute atomic E-state index is 0.151. The number of fused-ring (bicyclic) bond motifs is 1. The van der Waals surface area contributed by atoms with Crippen LogP contribution in [-0.2, 0) is 6.61 Å². The molecule has 1 saturated heterocycles. The van der Waals surface area contributed by atoms with E-state index >= 15 is 0 Å². The van der Waals surface area contributed by atoms with Gasteiger partial charge in [-0.2, -0.15) is 0 Å². The van der Waals surface area contributed by atoms with Gasteiger partial charge < -0.3 is 15.1 Å². The van der Waals surface area contributed by atoms with E-state index in [0.717, 1.165) is 31.6 Å². The van der Waals surface area contributed by atoms with Crippen molar-refractivity contribution in [3.8, 4) is 0 Å². The molecule has 2 aliphatic rings. The quantitative estimate of drug-likeness (QED) is 0.837. The summed E-state index contributed by atoms with van der Waals surface area (Å²) in [6.07, 6.45) is 1.77. The third-order valence-electron chi connectivity index (χ3n) is 4.37. The van der Waals surface area contributed by atoms with Crippen molar-refractivity contribution in [3.63, 3.8) is 0 Å². The van der Waals surface area contributed by atoms with Crippen LogP contribution in [0.1, 0.15) is 18.4 Å². The molecule has 4 heteroatoms. The summed E-state index contributed by atoms with van der Waals surface area (Å²) in [6, 6.07) is 4.55. The van der Waals surface area contributed by atoms with Gasteiger partial charge in [0.25, 0.3) is 0 Å². The van der Waals surface area contributed by atoms with Gasteiger partial charge in [-0.05, 0) is 37.0 Å². The van der Waals surface area contributed by atoms with E-state index in [9.17, 15) is 14.6 Å². The van der Waals surface area contributed by atoms with Gasteiger partial charge in [-0.1, -0.05) is 0 Å². The Morgan fingerprint density at radius 1 is 1.28 bits per heavy atom. The van der Waals surface area contributed by atoms with E-state index in [1.165, 1.54) is 12.1 Å². The largest absolute Gasteiger partial charge is 0.393 e. The van der Waals surface area contributed by atoms with Crippen molar-refractivity contribution in [2.45, 2.75) is 25.6 Å². The van der Waals surface area contributed by atoms with Crippen LogP contribution < -0.4 is 4.90 Å². The van der Waals surface area contributed by atoms with Gasteiger partial charge in [0.15, 0.2) is 0 Å². The number of halogens is 1. The number of aliphatic hydroxyl groups excluding tert-OH is 2. The summed E-state index contributed by atoms with van der Waals surface area (Å²) in [6.45, 7) is 1.56. The van der Waals surface area contributed by atoms with E-state index in [2.05, 4.69) is 4.90 Å². The topological polar surface area (TPSA) is 43.7 Å². The number of nitrogens with zero attached hydrogens (tertiary/aromatic N) is 1. The Balaban J connectivity index is 1.84. The molecule has 1 saturated carbocycles. The Morgan fingerprint density at radius 3 is 2.83 bits per heavy atom. The highest BCUT2D eigenvalue weighted by atomic mass is 19.1. The first-order valence-electron chi connectivity index (χ1n) is 6.51. The summed E-state index contributed by atoms with van der Waals surface area (Å²) in [5.74, 6) is 0.556. The highest BCUT2D eigenvalue weighted by molar-refractivity contribution is 5.54. The summed E-state index contributed by atoms with van der Waals surface area (Å²) in [7, 11) is 0. The highest BCUT2D eigenvalue weighted by Gasteiger charge is 2.42. The van der Waals surface area contributed by atoms with E-state index in [0.29, 0.717) is 17.4 Å². The maximum Gasteiger partial charge on any atom is 0.123 e. The SMILES string of the molecule is OCc1cc(F)ccc1N1CC2CCC(O)C2C1. The van der Waals surface area contributed by atoms with Gasteiger partial charge >= 0.3 is 0 Å². The predicted molar refractivity (Wildman–Crippen MR) is 66.8 cm³/mol. The molecule has 0 bridgehead atoms. The normalized spacial score (nSPS) is 30.8. The molecule has 1 heterocycles. The first kappa shape index (κ1) is 11.9. The zero-order chi connectivity index (χ0) is 12.7. The van der Waals surface area contributed by atoms with Crippen LogP contribution in [0.15, 0.2) is 18.2 Å². The highest BCUT2D eigenvalue weighted by Crippen LogP contribution is 2.40. The van der Waals surface area contributed by atoms with Crippen LogP contribution in [0.2, 0.25) is 0 Å². The van der Waals surface area contributed by atoms with E-state index in [-0.39, 0.29) is 18.5 Å². The average Bonchev–Trinajstić information content (AvgIpc) is 2.92. The molecular formula is C14H18FNO2. The summed E-state index contributed by atoms with van der Waals surface area (Å²) >= 11 is 0. The lowest BCUT2D eigenvalue weighted by atomic mass is 10.00. The molecule has 3 atom stereocenters. The van der Waals surface area contributed by atoms with Crippen LogP contribution in [0, 0.1) is 17.7 Å². The monoisotopic (exact) mass is 251 g/mol. The summed E-state index contributed by atoms with van der Waals surface area (Å²) in [4.78, 5) is 2.17. The Bertz CT molecular complexity index is 451. The fourth-order valence-corrected chi connectivity index (χ4v) is 3.42. The van der Waals surface area contributed by atoms with Gasteiger partial charge in [0.1, 0.15) is 5.82 Å². The van der Waals surface area contributed by atoms with Crippen LogP contribution in [0.5, 0.6) is 0 Å². The number of benzene rings is 1. The molecule has 3 rings (SSSR count). The maximum atomic E-state index is 13.1. The lowest BCUT2D eigenvalue weighted by Crippen LogP contribution is -2.25.